The fourth-order valence-corrected chi connectivity index (χ4v) is 5.89. The van der Waals surface area contributed by atoms with Crippen molar-refractivity contribution in [1.82, 2.24) is 29.5 Å². The van der Waals surface area contributed by atoms with E-state index in [-0.39, 0.29) is 6.09 Å². The van der Waals surface area contributed by atoms with Crippen LogP contribution in [-0.4, -0.2) is 93.6 Å². The van der Waals surface area contributed by atoms with Crippen LogP contribution < -0.4 is 9.80 Å². The molecule has 46 heavy (non-hydrogen) atoms. The molecule has 0 aliphatic carbocycles. The Labute approximate surface area is 268 Å². The van der Waals surface area contributed by atoms with Crippen LogP contribution in [0.3, 0.4) is 0 Å². The number of amides is 1. The van der Waals surface area contributed by atoms with E-state index < -0.39 is 5.60 Å². The number of piperazine rings is 1. The molecule has 0 spiro atoms. The second-order valence-corrected chi connectivity index (χ2v) is 12.5. The van der Waals surface area contributed by atoms with Gasteiger partial charge in [0.2, 0.25) is 0 Å². The molecule has 2 saturated heterocycles. The van der Waals surface area contributed by atoms with Crippen LogP contribution in [0.2, 0.25) is 0 Å². The molecule has 0 N–H and O–H groups in total. The molecule has 11 heteroatoms. The number of ether oxygens (including phenoxy) is 2. The van der Waals surface area contributed by atoms with Gasteiger partial charge in [-0.15, -0.1) is 0 Å². The zero-order valence-corrected chi connectivity index (χ0v) is 26.5. The molecule has 236 valence electrons. The lowest BCUT2D eigenvalue weighted by atomic mass is 10.1. The number of fused-ring (bicyclic) bond motifs is 2. The first-order chi connectivity index (χ1) is 22.3. The summed E-state index contributed by atoms with van der Waals surface area (Å²) in [5.41, 5.74) is 5.63. The first-order valence-electron chi connectivity index (χ1n) is 15.8. The summed E-state index contributed by atoms with van der Waals surface area (Å²) in [5.74, 6) is 0.862. The Kier molecular flexibility index (Phi) is 8.00. The van der Waals surface area contributed by atoms with Crippen LogP contribution in [0, 0.1) is 0 Å². The van der Waals surface area contributed by atoms with Gasteiger partial charge in [-0.1, -0.05) is 24.3 Å². The van der Waals surface area contributed by atoms with Crippen LogP contribution in [0.25, 0.3) is 40.0 Å². The molecule has 2 fully saturated rings. The number of hydrogen-bond acceptors (Lipinski definition) is 9. The van der Waals surface area contributed by atoms with Crippen LogP contribution in [0.4, 0.5) is 16.3 Å². The number of pyridine rings is 2. The van der Waals surface area contributed by atoms with Crippen molar-refractivity contribution in [3.8, 4) is 11.3 Å². The number of carbonyl (C=O) groups is 1. The number of morpholine rings is 1. The summed E-state index contributed by atoms with van der Waals surface area (Å²) in [7, 11) is 0. The number of para-hydroxylation sites is 1. The molecular formula is C35H38N8O3. The predicted octanol–water partition coefficient (Wildman–Crippen LogP) is 5.40. The Morgan fingerprint density at radius 3 is 2.43 bits per heavy atom. The van der Waals surface area contributed by atoms with Crippen LogP contribution in [0.5, 0.6) is 0 Å². The smallest absolute Gasteiger partial charge is 0.410 e. The number of nitrogens with zero attached hydrogens (tertiary/aromatic N) is 8. The summed E-state index contributed by atoms with van der Waals surface area (Å²) in [4.78, 5) is 33.6. The molecule has 5 aromatic rings. The monoisotopic (exact) mass is 618 g/mol. The van der Waals surface area contributed by atoms with E-state index in [1.807, 2.05) is 86.2 Å². The Hall–Kier alpha value is -5.03. The number of hydrogen-bond donors (Lipinski definition) is 0. The van der Waals surface area contributed by atoms with Gasteiger partial charge in [0, 0.05) is 56.4 Å². The lowest BCUT2D eigenvalue weighted by molar-refractivity contribution is 0.0240. The SMILES string of the molecule is CC(C)(C)OC(=O)N1CCN(c2ccc(-c3c(/C=C/c4ccc5ccccc5n4)nc4c(N5CCOCC5)ccnn34)cn2)CC1. The predicted molar refractivity (Wildman–Crippen MR) is 180 cm³/mol. The van der Waals surface area contributed by atoms with E-state index >= 15 is 0 Å². The van der Waals surface area contributed by atoms with Gasteiger partial charge in [-0.2, -0.15) is 5.10 Å². The number of aromatic nitrogens is 5. The van der Waals surface area contributed by atoms with E-state index in [1.54, 1.807) is 4.90 Å². The second kappa shape index (κ2) is 12.4. The van der Waals surface area contributed by atoms with Crippen molar-refractivity contribution in [1.29, 1.82) is 0 Å². The van der Waals surface area contributed by atoms with Gasteiger partial charge in [0.25, 0.3) is 0 Å². The van der Waals surface area contributed by atoms with Gasteiger partial charge >= 0.3 is 6.09 Å². The maximum atomic E-state index is 12.5. The molecular weight excluding hydrogens is 580 g/mol. The Morgan fingerprint density at radius 2 is 1.67 bits per heavy atom. The second-order valence-electron chi connectivity index (χ2n) is 12.5. The summed E-state index contributed by atoms with van der Waals surface area (Å²) in [6.45, 7) is 11.1. The molecule has 11 nitrogen and oxygen atoms in total. The van der Waals surface area contributed by atoms with E-state index in [2.05, 4.69) is 28.0 Å². The number of carbonyl (C=O) groups excluding carboxylic acids is 1. The normalized spacial score (nSPS) is 16.1. The van der Waals surface area contributed by atoms with Crippen molar-refractivity contribution >= 4 is 46.3 Å². The van der Waals surface area contributed by atoms with Crippen LogP contribution in [-0.2, 0) is 9.47 Å². The Morgan fingerprint density at radius 1 is 0.870 bits per heavy atom. The fraction of sp³-hybridized carbons (Fsp3) is 0.343. The third-order valence-electron chi connectivity index (χ3n) is 8.19. The first kappa shape index (κ1) is 29.7. The van der Waals surface area contributed by atoms with Gasteiger partial charge in [-0.05, 0) is 63.3 Å². The minimum Gasteiger partial charge on any atom is -0.444 e. The Bertz CT molecular complexity index is 1880. The van der Waals surface area contributed by atoms with Crippen LogP contribution >= 0.6 is 0 Å². The zero-order valence-electron chi connectivity index (χ0n) is 26.5. The lowest BCUT2D eigenvalue weighted by Crippen LogP contribution is -2.50. The highest BCUT2D eigenvalue weighted by atomic mass is 16.6. The molecule has 0 radical (unpaired) electrons. The van der Waals surface area contributed by atoms with E-state index in [0.717, 1.165) is 63.8 Å². The van der Waals surface area contributed by atoms with Gasteiger partial charge in [0.05, 0.1) is 42.0 Å². The third-order valence-corrected chi connectivity index (χ3v) is 8.19. The standard InChI is InChI=1S/C35H38N8O3/c1-35(2,3)46-34(44)42-18-16-41(17-19-42)31-13-9-26(24-36-31)32-29(12-11-27-10-8-25-6-4-5-7-28(25)38-27)39-33-30(14-15-37-43(32)33)40-20-22-45-23-21-40/h4-15,24H,16-23H2,1-3H3/b12-11+. The van der Waals surface area contributed by atoms with Crippen molar-refractivity contribution in [3.63, 3.8) is 0 Å². The van der Waals surface area contributed by atoms with Gasteiger partial charge in [-0.25, -0.2) is 24.3 Å². The topological polar surface area (TPSA) is 101 Å². The van der Waals surface area contributed by atoms with Crippen molar-refractivity contribution in [3.05, 3.63) is 78.4 Å². The maximum absolute atomic E-state index is 12.5. The minimum atomic E-state index is -0.513. The molecule has 0 atom stereocenters. The van der Waals surface area contributed by atoms with Gasteiger partial charge in [-0.3, -0.25) is 0 Å². The van der Waals surface area contributed by atoms with Crippen molar-refractivity contribution in [2.75, 3.05) is 62.3 Å². The van der Waals surface area contributed by atoms with Crippen molar-refractivity contribution in [2.24, 2.45) is 0 Å². The van der Waals surface area contributed by atoms with Crippen molar-refractivity contribution in [2.45, 2.75) is 26.4 Å². The summed E-state index contributed by atoms with van der Waals surface area (Å²) < 4.78 is 13.1. The fourth-order valence-electron chi connectivity index (χ4n) is 5.89. The zero-order chi connectivity index (χ0) is 31.7. The van der Waals surface area contributed by atoms with E-state index in [4.69, 9.17) is 29.5 Å². The average Bonchev–Trinajstić information content (AvgIpc) is 3.45. The van der Waals surface area contributed by atoms with E-state index in [0.29, 0.717) is 39.4 Å². The summed E-state index contributed by atoms with van der Waals surface area (Å²) in [6, 6.07) is 18.3. The van der Waals surface area contributed by atoms with Gasteiger partial charge < -0.3 is 24.2 Å². The first-order valence-corrected chi connectivity index (χ1v) is 15.8. The molecule has 0 unspecified atom stereocenters. The van der Waals surface area contributed by atoms with Gasteiger partial charge in [0.15, 0.2) is 5.65 Å². The summed E-state index contributed by atoms with van der Waals surface area (Å²) >= 11 is 0. The van der Waals surface area contributed by atoms with Crippen molar-refractivity contribution < 1.29 is 14.3 Å². The Balaban J connectivity index is 1.19. The highest BCUT2D eigenvalue weighted by Gasteiger charge is 2.27. The molecule has 1 aromatic carbocycles. The number of imidazole rings is 1. The maximum Gasteiger partial charge on any atom is 0.410 e. The molecule has 2 aliphatic heterocycles. The number of rotatable bonds is 5. The average molecular weight is 619 g/mol. The van der Waals surface area contributed by atoms with Gasteiger partial charge in [0.1, 0.15) is 17.1 Å². The minimum absolute atomic E-state index is 0.272. The summed E-state index contributed by atoms with van der Waals surface area (Å²) in [5, 5.41) is 5.85. The number of benzene rings is 1. The largest absolute Gasteiger partial charge is 0.444 e. The van der Waals surface area contributed by atoms with Crippen LogP contribution in [0.1, 0.15) is 32.2 Å². The number of anilines is 2. The molecule has 7 rings (SSSR count). The molecule has 2 aliphatic rings. The van der Waals surface area contributed by atoms with E-state index in [9.17, 15) is 4.79 Å². The van der Waals surface area contributed by atoms with Crippen LogP contribution in [0.15, 0.2) is 67.0 Å². The highest BCUT2D eigenvalue weighted by Crippen LogP contribution is 2.31. The lowest BCUT2D eigenvalue weighted by Gasteiger charge is -2.36. The molecule has 0 bridgehead atoms. The molecule has 0 saturated carbocycles. The molecule has 6 heterocycles. The quantitative estimate of drug-likeness (QED) is 0.256. The molecule has 1 amide bonds. The third kappa shape index (κ3) is 6.23. The van der Waals surface area contributed by atoms with E-state index in [1.165, 1.54) is 0 Å². The summed E-state index contributed by atoms with van der Waals surface area (Å²) in [6.07, 6.45) is 7.44. The highest BCUT2D eigenvalue weighted by molar-refractivity contribution is 5.84. The molecule has 4 aromatic heterocycles.